The van der Waals surface area contributed by atoms with Crippen molar-refractivity contribution in [1.82, 2.24) is 5.32 Å². The second-order valence-electron chi connectivity index (χ2n) is 3.34. The van der Waals surface area contributed by atoms with Crippen LogP contribution in [-0.4, -0.2) is 23.8 Å². The van der Waals surface area contributed by atoms with Crippen molar-refractivity contribution in [1.29, 1.82) is 0 Å². The van der Waals surface area contributed by atoms with Crippen LogP contribution in [0.15, 0.2) is 0 Å². The first-order chi connectivity index (χ1) is 5.08. The Kier molecular flexibility index (Phi) is 4.69. The fourth-order valence-corrected chi connectivity index (χ4v) is 1.30. The zero-order valence-corrected chi connectivity index (χ0v) is 8.15. The Morgan fingerprint density at radius 3 is 2.27 bits per heavy atom. The van der Waals surface area contributed by atoms with Crippen LogP contribution in [0.2, 0.25) is 0 Å². The van der Waals surface area contributed by atoms with E-state index in [0.717, 1.165) is 19.3 Å². The highest BCUT2D eigenvalue weighted by Crippen LogP contribution is 2.17. The summed E-state index contributed by atoms with van der Waals surface area (Å²) >= 11 is 0. The highest BCUT2D eigenvalue weighted by Gasteiger charge is 2.27. The fraction of sp³-hybridized carbons (Fsp3) is 1.00. The smallest absolute Gasteiger partial charge is 0.0769 e. The lowest BCUT2D eigenvalue weighted by atomic mass is 9.90. The molecular weight excluding hydrogens is 138 g/mol. The van der Waals surface area contributed by atoms with Gasteiger partial charge in [-0.05, 0) is 26.8 Å². The molecule has 2 heteroatoms. The third-order valence-electron chi connectivity index (χ3n) is 2.39. The molecule has 11 heavy (non-hydrogen) atoms. The lowest BCUT2D eigenvalue weighted by Crippen LogP contribution is -2.46. The van der Waals surface area contributed by atoms with Gasteiger partial charge in [0.25, 0.3) is 0 Å². The summed E-state index contributed by atoms with van der Waals surface area (Å²) in [4.78, 5) is 0. The van der Waals surface area contributed by atoms with E-state index in [2.05, 4.69) is 12.2 Å². The Balaban J connectivity index is 3.99. The molecule has 2 atom stereocenters. The van der Waals surface area contributed by atoms with E-state index in [9.17, 15) is 5.11 Å². The van der Waals surface area contributed by atoms with Crippen LogP contribution in [0.3, 0.4) is 0 Å². The maximum atomic E-state index is 9.85. The van der Waals surface area contributed by atoms with Gasteiger partial charge in [-0.15, -0.1) is 0 Å². The molecule has 0 saturated carbocycles. The largest absolute Gasteiger partial charge is 0.389 e. The zero-order chi connectivity index (χ0) is 8.91. The van der Waals surface area contributed by atoms with Gasteiger partial charge in [-0.2, -0.15) is 0 Å². The summed E-state index contributed by atoms with van der Waals surface area (Å²) in [6.45, 7) is 6.04. The molecule has 0 bridgehead atoms. The highest BCUT2D eigenvalue weighted by molar-refractivity contribution is 4.84. The van der Waals surface area contributed by atoms with Crippen molar-refractivity contribution >= 4 is 0 Å². The highest BCUT2D eigenvalue weighted by atomic mass is 16.3. The van der Waals surface area contributed by atoms with E-state index in [1.807, 2.05) is 20.9 Å². The van der Waals surface area contributed by atoms with Crippen molar-refractivity contribution in [2.75, 3.05) is 7.05 Å². The van der Waals surface area contributed by atoms with Crippen LogP contribution in [0, 0.1) is 0 Å². The van der Waals surface area contributed by atoms with Crippen LogP contribution < -0.4 is 5.32 Å². The Bertz CT molecular complexity index is 102. The quantitative estimate of drug-likeness (QED) is 0.637. The molecule has 0 aromatic heterocycles. The minimum atomic E-state index is -0.551. The fourth-order valence-electron chi connectivity index (χ4n) is 1.30. The molecule has 2 unspecified atom stereocenters. The Labute approximate surface area is 70.0 Å². The summed E-state index contributed by atoms with van der Waals surface area (Å²) in [6.07, 6.45) is 2.96. The van der Waals surface area contributed by atoms with Gasteiger partial charge in [0, 0.05) is 6.04 Å². The van der Waals surface area contributed by atoms with E-state index in [0.29, 0.717) is 0 Å². The van der Waals surface area contributed by atoms with Crippen LogP contribution in [0.25, 0.3) is 0 Å². The summed E-state index contributed by atoms with van der Waals surface area (Å²) in [5, 5.41) is 13.0. The number of hydrogen-bond donors (Lipinski definition) is 2. The van der Waals surface area contributed by atoms with Crippen LogP contribution in [0.1, 0.15) is 40.0 Å². The van der Waals surface area contributed by atoms with Crippen molar-refractivity contribution in [3.8, 4) is 0 Å². The minimum absolute atomic E-state index is 0.234. The first-order valence-electron chi connectivity index (χ1n) is 4.48. The predicted octanol–water partition coefficient (Wildman–Crippen LogP) is 1.54. The van der Waals surface area contributed by atoms with Crippen molar-refractivity contribution in [3.63, 3.8) is 0 Å². The summed E-state index contributed by atoms with van der Waals surface area (Å²) in [5.41, 5.74) is -0.551. The van der Waals surface area contributed by atoms with Gasteiger partial charge in [0.05, 0.1) is 5.60 Å². The number of likely N-dealkylation sites (N-methyl/N-ethyl adjacent to an activating group) is 1. The third-order valence-corrected chi connectivity index (χ3v) is 2.39. The van der Waals surface area contributed by atoms with Crippen LogP contribution in [0.5, 0.6) is 0 Å². The first kappa shape index (κ1) is 10.9. The van der Waals surface area contributed by atoms with Crippen molar-refractivity contribution in [3.05, 3.63) is 0 Å². The first-order valence-corrected chi connectivity index (χ1v) is 4.48. The van der Waals surface area contributed by atoms with Crippen molar-refractivity contribution in [2.24, 2.45) is 0 Å². The molecule has 0 heterocycles. The second-order valence-corrected chi connectivity index (χ2v) is 3.34. The van der Waals surface area contributed by atoms with Crippen LogP contribution in [-0.2, 0) is 0 Å². The average Bonchev–Trinajstić information content (AvgIpc) is 2.00. The van der Waals surface area contributed by atoms with Crippen LogP contribution in [0.4, 0.5) is 0 Å². The van der Waals surface area contributed by atoms with Gasteiger partial charge in [-0.1, -0.05) is 20.3 Å². The van der Waals surface area contributed by atoms with Gasteiger partial charge in [-0.25, -0.2) is 0 Å². The van der Waals surface area contributed by atoms with Gasteiger partial charge in [0.2, 0.25) is 0 Å². The lowest BCUT2D eigenvalue weighted by Gasteiger charge is -2.31. The molecule has 0 aliphatic carbocycles. The standard InChI is InChI=1S/C9H21NO/c1-5-7-8(10-4)9(3,11)6-2/h8,10-11H,5-7H2,1-4H3. The number of nitrogens with one attached hydrogen (secondary N) is 1. The number of hydrogen-bond acceptors (Lipinski definition) is 2. The van der Waals surface area contributed by atoms with E-state index in [1.54, 1.807) is 0 Å². The number of rotatable bonds is 5. The van der Waals surface area contributed by atoms with Gasteiger partial charge >= 0.3 is 0 Å². The molecule has 0 aromatic carbocycles. The summed E-state index contributed by atoms with van der Waals surface area (Å²) in [6, 6.07) is 0.234. The molecule has 0 fully saturated rings. The van der Waals surface area contributed by atoms with E-state index in [1.165, 1.54) is 0 Å². The monoisotopic (exact) mass is 159 g/mol. The maximum absolute atomic E-state index is 9.85. The molecule has 0 aliphatic heterocycles. The zero-order valence-electron chi connectivity index (χ0n) is 8.15. The number of aliphatic hydroxyl groups is 1. The molecular formula is C9H21NO. The van der Waals surface area contributed by atoms with Gasteiger partial charge < -0.3 is 10.4 Å². The van der Waals surface area contributed by atoms with Gasteiger partial charge in [0.1, 0.15) is 0 Å². The van der Waals surface area contributed by atoms with E-state index >= 15 is 0 Å². The Morgan fingerprint density at radius 2 is 2.00 bits per heavy atom. The molecule has 0 aliphatic rings. The molecule has 0 spiro atoms. The van der Waals surface area contributed by atoms with Gasteiger partial charge in [-0.3, -0.25) is 0 Å². The van der Waals surface area contributed by atoms with E-state index in [4.69, 9.17) is 0 Å². The van der Waals surface area contributed by atoms with Crippen LogP contribution >= 0.6 is 0 Å². The topological polar surface area (TPSA) is 32.3 Å². The SMILES string of the molecule is CCCC(NC)C(C)(O)CC. The van der Waals surface area contributed by atoms with E-state index < -0.39 is 5.60 Å². The minimum Gasteiger partial charge on any atom is -0.389 e. The normalized spacial score (nSPS) is 19.4. The molecule has 2 nitrogen and oxygen atoms in total. The molecule has 0 amide bonds. The molecule has 2 N–H and O–H groups in total. The summed E-state index contributed by atoms with van der Waals surface area (Å²) in [5.74, 6) is 0. The summed E-state index contributed by atoms with van der Waals surface area (Å²) < 4.78 is 0. The summed E-state index contributed by atoms with van der Waals surface area (Å²) in [7, 11) is 1.91. The van der Waals surface area contributed by atoms with Crippen molar-refractivity contribution < 1.29 is 5.11 Å². The van der Waals surface area contributed by atoms with E-state index in [-0.39, 0.29) is 6.04 Å². The average molecular weight is 159 g/mol. The molecule has 0 radical (unpaired) electrons. The molecule has 0 saturated heterocycles. The Hall–Kier alpha value is -0.0800. The second kappa shape index (κ2) is 4.73. The lowest BCUT2D eigenvalue weighted by molar-refractivity contribution is 0.0151. The maximum Gasteiger partial charge on any atom is 0.0769 e. The van der Waals surface area contributed by atoms with Crippen molar-refractivity contribution in [2.45, 2.75) is 51.7 Å². The molecule has 0 rings (SSSR count). The Morgan fingerprint density at radius 1 is 1.45 bits per heavy atom. The molecule has 68 valence electrons. The third kappa shape index (κ3) is 3.21. The molecule has 0 aromatic rings. The van der Waals surface area contributed by atoms with Gasteiger partial charge in [0.15, 0.2) is 0 Å². The predicted molar refractivity (Wildman–Crippen MR) is 48.7 cm³/mol.